The highest BCUT2D eigenvalue weighted by Crippen LogP contribution is 2.20. The molecule has 0 aromatic rings. The number of likely N-dealkylation sites (N-methyl/N-ethyl adjacent to an activating group) is 1. The molecule has 0 bridgehead atoms. The van der Waals surface area contributed by atoms with Crippen LogP contribution in [-0.4, -0.2) is 72.5 Å². The van der Waals surface area contributed by atoms with Crippen molar-refractivity contribution in [3.8, 4) is 0 Å². The number of ether oxygens (including phenoxy) is 1. The van der Waals surface area contributed by atoms with Gasteiger partial charge in [0.25, 0.3) is 0 Å². The Labute approximate surface area is 202 Å². The van der Waals surface area contributed by atoms with Crippen LogP contribution in [0.3, 0.4) is 0 Å². The van der Waals surface area contributed by atoms with Crippen molar-refractivity contribution in [2.45, 2.75) is 99.7 Å². The zero-order chi connectivity index (χ0) is 25.7. The van der Waals surface area contributed by atoms with Gasteiger partial charge in [0.15, 0.2) is 0 Å². The lowest BCUT2D eigenvalue weighted by Crippen LogP contribution is -2.53. The summed E-state index contributed by atoms with van der Waals surface area (Å²) < 4.78 is 5.03. The molecule has 1 fully saturated rings. The fourth-order valence-electron chi connectivity index (χ4n) is 3.75. The largest absolute Gasteiger partial charge is 0.463 e. The number of nitrogens with zero attached hydrogens (tertiary/aromatic N) is 2. The minimum atomic E-state index is -0.377. The van der Waals surface area contributed by atoms with Gasteiger partial charge in [0.2, 0.25) is 11.8 Å². The number of hydrogen-bond donors (Lipinski definition) is 1. The maximum Gasteiger partial charge on any atom is 0.333 e. The number of likely N-dealkylation sites (tertiary alicyclic amines) is 1. The summed E-state index contributed by atoms with van der Waals surface area (Å²) in [6.07, 6.45) is 4.72. The van der Waals surface area contributed by atoms with Gasteiger partial charge in [-0.25, -0.2) is 4.79 Å². The van der Waals surface area contributed by atoms with Gasteiger partial charge in [-0.05, 0) is 58.9 Å². The van der Waals surface area contributed by atoms with Crippen LogP contribution in [-0.2, 0) is 19.1 Å². The maximum atomic E-state index is 12.7. The van der Waals surface area contributed by atoms with Crippen LogP contribution in [0.1, 0.15) is 81.6 Å². The average molecular weight is 468 g/mol. The third kappa shape index (κ3) is 11.7. The molecule has 1 rings (SSSR count). The number of rotatable bonds is 9. The Bertz CT molecular complexity index is 641. The van der Waals surface area contributed by atoms with E-state index in [1.54, 1.807) is 31.9 Å². The van der Waals surface area contributed by atoms with E-state index in [0.29, 0.717) is 18.2 Å². The second kappa shape index (κ2) is 15.9. The molecule has 2 atom stereocenters. The Kier molecular flexibility index (Phi) is 15.0. The summed E-state index contributed by atoms with van der Waals surface area (Å²) in [5.41, 5.74) is 0.476. The topological polar surface area (TPSA) is 79.0 Å². The fourth-order valence-corrected chi connectivity index (χ4v) is 3.75. The number of amides is 2. The lowest BCUT2D eigenvalue weighted by atomic mass is 9.99. The lowest BCUT2D eigenvalue weighted by molar-refractivity contribution is -0.138. The summed E-state index contributed by atoms with van der Waals surface area (Å²) in [6, 6.07) is -0.134. The van der Waals surface area contributed by atoms with Gasteiger partial charge < -0.3 is 15.0 Å². The van der Waals surface area contributed by atoms with Crippen LogP contribution in [0.5, 0.6) is 0 Å². The molecule has 0 saturated carbocycles. The Hall–Kier alpha value is -1.89. The van der Waals surface area contributed by atoms with Gasteiger partial charge in [-0.2, -0.15) is 0 Å². The molecule has 192 valence electrons. The van der Waals surface area contributed by atoms with E-state index >= 15 is 0 Å². The molecule has 0 spiro atoms. The molecule has 0 aromatic heterocycles. The van der Waals surface area contributed by atoms with E-state index in [4.69, 9.17) is 4.74 Å². The molecule has 1 N–H and O–H groups in total. The number of nitrogens with one attached hydrogen (secondary N) is 1. The molecule has 1 heterocycles. The van der Waals surface area contributed by atoms with Crippen molar-refractivity contribution in [1.29, 1.82) is 0 Å². The Balaban J connectivity index is 0.00000235. The number of esters is 1. The van der Waals surface area contributed by atoms with Gasteiger partial charge in [-0.15, -0.1) is 0 Å². The minimum Gasteiger partial charge on any atom is -0.463 e. The summed E-state index contributed by atoms with van der Waals surface area (Å²) in [5.74, 6) is 0.300. The first-order chi connectivity index (χ1) is 15.3. The SMILES string of the molecule is CC(C)C.CCOC(=O)/C(C)=C/C(C(C)C)N(C)C(=O)CNC(=O)[C@@H]1CCCCN1C(C)C. The van der Waals surface area contributed by atoms with Crippen molar-refractivity contribution in [2.75, 3.05) is 26.7 Å². The zero-order valence-electron chi connectivity index (χ0n) is 22.7. The Morgan fingerprint density at radius 1 is 1.09 bits per heavy atom. The van der Waals surface area contributed by atoms with E-state index in [2.05, 4.69) is 44.8 Å². The van der Waals surface area contributed by atoms with Gasteiger partial charge in [-0.3, -0.25) is 14.5 Å². The summed E-state index contributed by atoms with van der Waals surface area (Å²) in [7, 11) is 1.70. The molecular formula is C26H49N3O4. The molecule has 33 heavy (non-hydrogen) atoms. The number of hydrogen-bond acceptors (Lipinski definition) is 5. The first-order valence-electron chi connectivity index (χ1n) is 12.5. The third-order valence-corrected chi connectivity index (χ3v) is 5.47. The third-order valence-electron chi connectivity index (χ3n) is 5.47. The van der Waals surface area contributed by atoms with Crippen LogP contribution in [0.4, 0.5) is 0 Å². The van der Waals surface area contributed by atoms with E-state index in [9.17, 15) is 14.4 Å². The highest BCUT2D eigenvalue weighted by molar-refractivity contribution is 5.89. The van der Waals surface area contributed by atoms with E-state index in [-0.39, 0.29) is 42.3 Å². The second-order valence-electron chi connectivity index (χ2n) is 10.1. The van der Waals surface area contributed by atoms with Crippen molar-refractivity contribution in [1.82, 2.24) is 15.1 Å². The van der Waals surface area contributed by atoms with Gasteiger partial charge in [0, 0.05) is 18.7 Å². The highest BCUT2D eigenvalue weighted by atomic mass is 16.5. The van der Waals surface area contributed by atoms with E-state index < -0.39 is 0 Å². The summed E-state index contributed by atoms with van der Waals surface area (Å²) in [6.45, 7) is 19.3. The standard InChI is InChI=1S/C22H39N3O4.C4H10/c1-8-29-22(28)17(6)13-19(15(2)3)24(7)20(26)14-23-21(27)18-11-9-10-12-25(18)16(4)5;1-4(2)3/h13,15-16,18-19H,8-12,14H2,1-7H3,(H,23,27);4H,1-3H3/b17-13+;/t18-,19?;/m0./s1. The van der Waals surface area contributed by atoms with Crippen LogP contribution in [0.15, 0.2) is 11.6 Å². The molecule has 1 aliphatic rings. The van der Waals surface area contributed by atoms with Gasteiger partial charge in [0.05, 0.1) is 25.2 Å². The van der Waals surface area contributed by atoms with Crippen LogP contribution in [0, 0.1) is 11.8 Å². The van der Waals surface area contributed by atoms with Crippen LogP contribution < -0.4 is 5.32 Å². The average Bonchev–Trinajstić information content (AvgIpc) is 2.74. The van der Waals surface area contributed by atoms with Gasteiger partial charge >= 0.3 is 5.97 Å². The first kappa shape index (κ1) is 31.1. The van der Waals surface area contributed by atoms with Crippen molar-refractivity contribution >= 4 is 17.8 Å². The van der Waals surface area contributed by atoms with E-state index in [1.807, 2.05) is 13.8 Å². The number of piperidine rings is 1. The van der Waals surface area contributed by atoms with Crippen LogP contribution in [0.2, 0.25) is 0 Å². The molecule has 0 radical (unpaired) electrons. The molecular weight excluding hydrogens is 418 g/mol. The summed E-state index contributed by atoms with van der Waals surface area (Å²) in [5, 5.41) is 2.82. The Morgan fingerprint density at radius 2 is 1.67 bits per heavy atom. The maximum absolute atomic E-state index is 12.7. The van der Waals surface area contributed by atoms with Crippen molar-refractivity contribution in [3.05, 3.63) is 11.6 Å². The molecule has 0 aromatic carbocycles. The highest BCUT2D eigenvalue weighted by Gasteiger charge is 2.31. The molecule has 7 nitrogen and oxygen atoms in total. The molecule has 1 unspecified atom stereocenters. The van der Waals surface area contributed by atoms with Crippen LogP contribution >= 0.6 is 0 Å². The second-order valence-corrected chi connectivity index (χ2v) is 10.1. The van der Waals surface area contributed by atoms with E-state index in [0.717, 1.165) is 31.7 Å². The fraction of sp³-hybridized carbons (Fsp3) is 0.808. The van der Waals surface area contributed by atoms with Gasteiger partial charge in [0.1, 0.15) is 0 Å². The predicted molar refractivity (Wildman–Crippen MR) is 135 cm³/mol. The normalized spacial score (nSPS) is 18.0. The molecule has 7 heteroatoms. The van der Waals surface area contributed by atoms with Crippen molar-refractivity contribution in [3.63, 3.8) is 0 Å². The monoisotopic (exact) mass is 467 g/mol. The quantitative estimate of drug-likeness (QED) is 0.409. The summed E-state index contributed by atoms with van der Waals surface area (Å²) >= 11 is 0. The number of carbonyl (C=O) groups is 3. The first-order valence-corrected chi connectivity index (χ1v) is 12.5. The molecule has 1 aliphatic heterocycles. The Morgan fingerprint density at radius 3 is 2.15 bits per heavy atom. The van der Waals surface area contributed by atoms with Gasteiger partial charge in [-0.1, -0.05) is 47.1 Å². The smallest absolute Gasteiger partial charge is 0.333 e. The summed E-state index contributed by atoms with van der Waals surface area (Å²) in [4.78, 5) is 41.1. The minimum absolute atomic E-state index is 0.0483. The van der Waals surface area contributed by atoms with Crippen LogP contribution in [0.25, 0.3) is 0 Å². The molecule has 0 aliphatic carbocycles. The molecule has 2 amide bonds. The molecule has 1 saturated heterocycles. The van der Waals surface area contributed by atoms with Crippen molar-refractivity contribution < 1.29 is 19.1 Å². The lowest BCUT2D eigenvalue weighted by Gasteiger charge is -2.37. The van der Waals surface area contributed by atoms with Crippen molar-refractivity contribution in [2.24, 2.45) is 11.8 Å². The zero-order valence-corrected chi connectivity index (χ0v) is 22.7. The predicted octanol–water partition coefficient (Wildman–Crippen LogP) is 4.02. The van der Waals surface area contributed by atoms with E-state index in [1.165, 1.54) is 0 Å². The number of carbonyl (C=O) groups excluding carboxylic acids is 3.